The molecule has 2 saturated heterocycles. The molecule has 2 heterocycles. The number of likely N-dealkylation sites (tertiary alicyclic amines) is 2. The highest BCUT2D eigenvalue weighted by Gasteiger charge is 2.37. The molecule has 0 bridgehead atoms. The lowest BCUT2D eigenvalue weighted by Crippen LogP contribution is -2.49. The number of nitrogens with one attached hydrogen (secondary N) is 1. The minimum absolute atomic E-state index is 0.145. The van der Waals surface area contributed by atoms with Crippen LogP contribution in [0.5, 0.6) is 0 Å². The Bertz CT molecular complexity index is 472. The molecule has 150 valence electrons. The Balaban J connectivity index is 1.63. The summed E-state index contributed by atoms with van der Waals surface area (Å²) in [5.74, 6) is -0.145. The van der Waals surface area contributed by atoms with E-state index < -0.39 is 5.60 Å². The highest BCUT2D eigenvalue weighted by molar-refractivity contribution is 5.71. The van der Waals surface area contributed by atoms with Gasteiger partial charge in [-0.2, -0.15) is 0 Å². The zero-order chi connectivity index (χ0) is 19.2. The zero-order valence-corrected chi connectivity index (χ0v) is 16.8. The number of amides is 1. The van der Waals surface area contributed by atoms with E-state index in [1.54, 1.807) is 0 Å². The minimum atomic E-state index is -0.454. The molecule has 0 atom stereocenters. The second kappa shape index (κ2) is 9.04. The van der Waals surface area contributed by atoms with Crippen molar-refractivity contribution in [3.8, 4) is 0 Å². The van der Waals surface area contributed by atoms with Crippen LogP contribution < -0.4 is 5.32 Å². The molecule has 2 aliphatic rings. The van der Waals surface area contributed by atoms with Gasteiger partial charge in [0.25, 0.3) is 0 Å². The number of methoxy groups -OCH3 is 1. The van der Waals surface area contributed by atoms with Crippen molar-refractivity contribution >= 4 is 12.1 Å². The normalized spacial score (nSPS) is 21.4. The summed E-state index contributed by atoms with van der Waals surface area (Å²) in [6.45, 7) is 11.6. The first-order valence-corrected chi connectivity index (χ1v) is 9.70. The molecule has 1 spiro atoms. The van der Waals surface area contributed by atoms with Gasteiger partial charge >= 0.3 is 12.1 Å². The molecule has 1 N–H and O–H groups in total. The molecule has 1 amide bonds. The number of ether oxygens (including phenoxy) is 2. The summed E-state index contributed by atoms with van der Waals surface area (Å²) in [6, 6.07) is 0. The third-order valence-corrected chi connectivity index (χ3v) is 5.51. The van der Waals surface area contributed by atoms with Crippen LogP contribution >= 0.6 is 0 Å². The standard InChI is InChI=1S/C19H35N3O4/c1-18(2,3)26-17(24)20-9-14-21-10-5-19(6-11-21)7-12-22(13-8-19)15-16(23)25-4/h5-15H2,1-4H3,(H,20,24). The average Bonchev–Trinajstić information content (AvgIpc) is 2.57. The van der Waals surface area contributed by atoms with Crippen LogP contribution in [0.4, 0.5) is 4.79 Å². The smallest absolute Gasteiger partial charge is 0.407 e. The van der Waals surface area contributed by atoms with Gasteiger partial charge in [-0.25, -0.2) is 4.79 Å². The number of esters is 1. The van der Waals surface area contributed by atoms with Crippen molar-refractivity contribution in [1.82, 2.24) is 15.1 Å². The molecule has 0 unspecified atom stereocenters. The lowest BCUT2D eigenvalue weighted by molar-refractivity contribution is -0.142. The summed E-state index contributed by atoms with van der Waals surface area (Å²) in [6.07, 6.45) is 4.38. The Hall–Kier alpha value is -1.34. The molecule has 0 aromatic carbocycles. The van der Waals surface area contributed by atoms with Gasteiger partial charge in [0, 0.05) is 13.1 Å². The van der Waals surface area contributed by atoms with E-state index in [4.69, 9.17) is 9.47 Å². The maximum absolute atomic E-state index is 11.7. The van der Waals surface area contributed by atoms with Gasteiger partial charge in [0.15, 0.2) is 0 Å². The van der Waals surface area contributed by atoms with E-state index in [0.29, 0.717) is 18.5 Å². The molecular weight excluding hydrogens is 334 g/mol. The van der Waals surface area contributed by atoms with Gasteiger partial charge < -0.3 is 19.7 Å². The maximum atomic E-state index is 11.7. The molecule has 0 radical (unpaired) electrons. The highest BCUT2D eigenvalue weighted by Crippen LogP contribution is 2.41. The molecular formula is C19H35N3O4. The fourth-order valence-electron chi connectivity index (χ4n) is 3.81. The Morgan fingerprint density at radius 1 is 1.00 bits per heavy atom. The maximum Gasteiger partial charge on any atom is 0.407 e. The van der Waals surface area contributed by atoms with Gasteiger partial charge in [0.05, 0.1) is 13.7 Å². The summed E-state index contributed by atoms with van der Waals surface area (Å²) >= 11 is 0. The SMILES string of the molecule is COC(=O)CN1CCC2(CCN(CCNC(=O)OC(C)(C)C)CC2)CC1. The number of nitrogens with zero attached hydrogens (tertiary/aromatic N) is 2. The van der Waals surface area contributed by atoms with E-state index in [1.165, 1.54) is 20.0 Å². The second-order valence-corrected chi connectivity index (χ2v) is 8.62. The molecule has 26 heavy (non-hydrogen) atoms. The fraction of sp³-hybridized carbons (Fsp3) is 0.895. The number of piperidine rings is 2. The molecule has 7 heteroatoms. The Kier molecular flexibility index (Phi) is 7.29. The molecule has 2 rings (SSSR count). The third kappa shape index (κ3) is 6.76. The Labute approximate surface area is 157 Å². The Morgan fingerprint density at radius 2 is 1.54 bits per heavy atom. The van der Waals surface area contributed by atoms with Crippen molar-refractivity contribution in [2.24, 2.45) is 5.41 Å². The lowest BCUT2D eigenvalue weighted by atomic mass is 9.71. The number of carbonyl (C=O) groups is 2. The predicted octanol–water partition coefficient (Wildman–Crippen LogP) is 1.86. The number of alkyl carbamates (subject to hydrolysis) is 1. The molecule has 2 aliphatic heterocycles. The van der Waals surface area contributed by atoms with Crippen LogP contribution in [-0.2, 0) is 14.3 Å². The van der Waals surface area contributed by atoms with Gasteiger partial charge in [-0.05, 0) is 78.0 Å². The van der Waals surface area contributed by atoms with Gasteiger partial charge in [0.1, 0.15) is 5.60 Å². The molecule has 0 aromatic rings. The van der Waals surface area contributed by atoms with Gasteiger partial charge in [-0.3, -0.25) is 9.69 Å². The van der Waals surface area contributed by atoms with Crippen molar-refractivity contribution in [3.63, 3.8) is 0 Å². The van der Waals surface area contributed by atoms with Crippen molar-refractivity contribution in [3.05, 3.63) is 0 Å². The zero-order valence-electron chi connectivity index (χ0n) is 16.8. The van der Waals surface area contributed by atoms with E-state index in [2.05, 4.69) is 15.1 Å². The van der Waals surface area contributed by atoms with Gasteiger partial charge in [0.2, 0.25) is 0 Å². The molecule has 0 aromatic heterocycles. The Morgan fingerprint density at radius 3 is 2.04 bits per heavy atom. The van der Waals surface area contributed by atoms with Crippen LogP contribution in [0.15, 0.2) is 0 Å². The predicted molar refractivity (Wildman–Crippen MR) is 100 cm³/mol. The van der Waals surface area contributed by atoms with E-state index in [0.717, 1.165) is 45.6 Å². The summed E-state index contributed by atoms with van der Waals surface area (Å²) in [4.78, 5) is 27.7. The first-order chi connectivity index (χ1) is 12.2. The number of hydrogen-bond donors (Lipinski definition) is 1. The van der Waals surface area contributed by atoms with E-state index >= 15 is 0 Å². The van der Waals surface area contributed by atoms with E-state index in [1.807, 2.05) is 20.8 Å². The molecule has 0 saturated carbocycles. The molecule has 7 nitrogen and oxygen atoms in total. The highest BCUT2D eigenvalue weighted by atomic mass is 16.6. The molecule has 2 fully saturated rings. The largest absolute Gasteiger partial charge is 0.468 e. The van der Waals surface area contributed by atoms with E-state index in [9.17, 15) is 9.59 Å². The van der Waals surface area contributed by atoms with Crippen molar-refractivity contribution in [1.29, 1.82) is 0 Å². The quantitative estimate of drug-likeness (QED) is 0.746. The fourth-order valence-corrected chi connectivity index (χ4v) is 3.81. The number of hydrogen-bond acceptors (Lipinski definition) is 6. The summed E-state index contributed by atoms with van der Waals surface area (Å²) in [5.41, 5.74) is -0.0218. The topological polar surface area (TPSA) is 71.1 Å². The summed E-state index contributed by atoms with van der Waals surface area (Å²) < 4.78 is 10.0. The summed E-state index contributed by atoms with van der Waals surface area (Å²) in [5, 5.41) is 2.83. The minimum Gasteiger partial charge on any atom is -0.468 e. The van der Waals surface area contributed by atoms with Gasteiger partial charge in [-0.15, -0.1) is 0 Å². The number of carbonyl (C=O) groups excluding carboxylic acids is 2. The van der Waals surface area contributed by atoms with Gasteiger partial charge in [-0.1, -0.05) is 0 Å². The summed E-state index contributed by atoms with van der Waals surface area (Å²) in [7, 11) is 1.45. The van der Waals surface area contributed by atoms with Crippen LogP contribution in [0, 0.1) is 5.41 Å². The van der Waals surface area contributed by atoms with Crippen LogP contribution in [0.2, 0.25) is 0 Å². The van der Waals surface area contributed by atoms with Crippen LogP contribution in [0.1, 0.15) is 46.5 Å². The third-order valence-electron chi connectivity index (χ3n) is 5.51. The van der Waals surface area contributed by atoms with E-state index in [-0.39, 0.29) is 12.1 Å². The van der Waals surface area contributed by atoms with Crippen molar-refractivity contribution in [2.45, 2.75) is 52.1 Å². The first-order valence-electron chi connectivity index (χ1n) is 9.70. The van der Waals surface area contributed by atoms with Crippen LogP contribution in [0.25, 0.3) is 0 Å². The van der Waals surface area contributed by atoms with Crippen LogP contribution in [0.3, 0.4) is 0 Å². The van der Waals surface area contributed by atoms with Crippen LogP contribution in [-0.4, -0.2) is 80.4 Å². The number of rotatable bonds is 5. The lowest BCUT2D eigenvalue weighted by Gasteiger charge is -2.46. The first kappa shape index (κ1) is 21.0. The second-order valence-electron chi connectivity index (χ2n) is 8.62. The average molecular weight is 370 g/mol. The monoisotopic (exact) mass is 369 g/mol. The molecule has 0 aliphatic carbocycles. The van der Waals surface area contributed by atoms with Crippen molar-refractivity contribution in [2.75, 3.05) is 52.9 Å². The van der Waals surface area contributed by atoms with Crippen molar-refractivity contribution < 1.29 is 19.1 Å².